The lowest BCUT2D eigenvalue weighted by atomic mass is 10.1. The Hall–Kier alpha value is -2.34. The summed E-state index contributed by atoms with van der Waals surface area (Å²) >= 11 is 1.44. The number of nitrogens with zero attached hydrogens (tertiary/aromatic N) is 2. The molecule has 0 unspecified atom stereocenters. The highest BCUT2D eigenvalue weighted by molar-refractivity contribution is 7.99. The summed E-state index contributed by atoms with van der Waals surface area (Å²) in [5.41, 5.74) is 2.04. The zero-order valence-electron chi connectivity index (χ0n) is 14.4. The molecule has 5 nitrogen and oxygen atoms in total. The molecule has 0 radical (unpaired) electrons. The molecule has 25 heavy (non-hydrogen) atoms. The van der Waals surface area contributed by atoms with E-state index in [0.717, 1.165) is 23.4 Å². The summed E-state index contributed by atoms with van der Waals surface area (Å²) in [4.78, 5) is 32.2. The molecule has 1 aromatic carbocycles. The van der Waals surface area contributed by atoms with Crippen molar-refractivity contribution < 1.29 is 9.59 Å². The largest absolute Gasteiger partial charge is 0.352 e. The molecule has 1 aliphatic heterocycles. The van der Waals surface area contributed by atoms with Crippen LogP contribution in [0.2, 0.25) is 0 Å². The molecule has 0 saturated carbocycles. The van der Waals surface area contributed by atoms with Gasteiger partial charge in [-0.25, -0.2) is 4.98 Å². The monoisotopic (exact) mass is 355 g/mol. The van der Waals surface area contributed by atoms with Crippen LogP contribution in [0.15, 0.2) is 46.5 Å². The zero-order valence-corrected chi connectivity index (χ0v) is 15.2. The van der Waals surface area contributed by atoms with Crippen molar-refractivity contribution in [2.45, 2.75) is 36.6 Å². The van der Waals surface area contributed by atoms with Crippen molar-refractivity contribution in [1.29, 1.82) is 0 Å². The Balaban J connectivity index is 2.05. The van der Waals surface area contributed by atoms with Crippen LogP contribution in [0.25, 0.3) is 0 Å². The second-order valence-electron chi connectivity index (χ2n) is 5.85. The number of benzene rings is 1. The molecular formula is C19H21N3O2S. The zero-order chi connectivity index (χ0) is 17.8. The van der Waals surface area contributed by atoms with Crippen LogP contribution in [-0.4, -0.2) is 29.9 Å². The minimum absolute atomic E-state index is 0.0422. The van der Waals surface area contributed by atoms with E-state index in [0.29, 0.717) is 29.2 Å². The number of hydrogen-bond donors (Lipinski definition) is 1. The van der Waals surface area contributed by atoms with Crippen LogP contribution in [0.3, 0.4) is 0 Å². The predicted molar refractivity (Wildman–Crippen MR) is 99.4 cm³/mol. The van der Waals surface area contributed by atoms with E-state index in [2.05, 4.69) is 10.3 Å². The standard InChI is InChI=1S/C19H21N3O2S/c1-3-9-20-17(23)13-7-8-15-16(12-13)25-18-14(6-5-10-21-18)19(24)22(15)11-4-2/h5-8,10,12H,3-4,9,11H2,1-2H3,(H,20,23). The predicted octanol–water partition coefficient (Wildman–Crippen LogP) is 3.74. The number of amides is 2. The molecule has 0 aliphatic carbocycles. The van der Waals surface area contributed by atoms with Gasteiger partial charge < -0.3 is 10.2 Å². The van der Waals surface area contributed by atoms with Crippen molar-refractivity contribution in [3.05, 3.63) is 47.7 Å². The van der Waals surface area contributed by atoms with E-state index in [1.165, 1.54) is 11.8 Å². The Kier molecular flexibility index (Phi) is 5.38. The summed E-state index contributed by atoms with van der Waals surface area (Å²) < 4.78 is 0. The van der Waals surface area contributed by atoms with Gasteiger partial charge in [0.1, 0.15) is 5.03 Å². The van der Waals surface area contributed by atoms with E-state index in [4.69, 9.17) is 0 Å². The molecule has 1 aromatic heterocycles. The number of anilines is 1. The Morgan fingerprint density at radius 2 is 2.08 bits per heavy atom. The molecular weight excluding hydrogens is 334 g/mol. The van der Waals surface area contributed by atoms with Gasteiger partial charge in [0.2, 0.25) is 0 Å². The minimum Gasteiger partial charge on any atom is -0.352 e. The van der Waals surface area contributed by atoms with Crippen molar-refractivity contribution in [2.75, 3.05) is 18.0 Å². The Morgan fingerprint density at radius 3 is 2.84 bits per heavy atom. The fourth-order valence-electron chi connectivity index (χ4n) is 2.74. The van der Waals surface area contributed by atoms with Gasteiger partial charge >= 0.3 is 0 Å². The molecule has 130 valence electrons. The van der Waals surface area contributed by atoms with Gasteiger partial charge in [-0.05, 0) is 43.2 Å². The number of pyridine rings is 1. The molecule has 0 saturated heterocycles. The molecule has 0 bridgehead atoms. The van der Waals surface area contributed by atoms with E-state index in [1.807, 2.05) is 26.0 Å². The van der Waals surface area contributed by atoms with Crippen molar-refractivity contribution in [1.82, 2.24) is 10.3 Å². The molecule has 2 aromatic rings. The topological polar surface area (TPSA) is 62.3 Å². The van der Waals surface area contributed by atoms with Gasteiger partial charge in [-0.2, -0.15) is 0 Å². The molecule has 2 amide bonds. The number of rotatable bonds is 5. The average Bonchev–Trinajstić information content (AvgIpc) is 2.75. The fourth-order valence-corrected chi connectivity index (χ4v) is 3.80. The van der Waals surface area contributed by atoms with Crippen LogP contribution < -0.4 is 10.2 Å². The number of carbonyl (C=O) groups is 2. The number of carbonyl (C=O) groups excluding carboxylic acids is 2. The highest BCUT2D eigenvalue weighted by Crippen LogP contribution is 2.40. The normalized spacial score (nSPS) is 13.0. The van der Waals surface area contributed by atoms with E-state index in [-0.39, 0.29) is 11.8 Å². The fraction of sp³-hybridized carbons (Fsp3) is 0.316. The summed E-state index contributed by atoms with van der Waals surface area (Å²) in [7, 11) is 0. The third-order valence-corrected chi connectivity index (χ3v) is 5.01. The maximum absolute atomic E-state index is 12.9. The number of nitrogens with one attached hydrogen (secondary N) is 1. The highest BCUT2D eigenvalue weighted by Gasteiger charge is 2.28. The summed E-state index contributed by atoms with van der Waals surface area (Å²) in [5.74, 6) is -0.136. The van der Waals surface area contributed by atoms with Crippen LogP contribution in [0.4, 0.5) is 5.69 Å². The van der Waals surface area contributed by atoms with Gasteiger partial charge in [0.15, 0.2) is 0 Å². The lowest BCUT2D eigenvalue weighted by Gasteiger charge is -2.22. The molecule has 6 heteroatoms. The van der Waals surface area contributed by atoms with E-state index < -0.39 is 0 Å². The molecule has 0 spiro atoms. The number of aromatic nitrogens is 1. The quantitative estimate of drug-likeness (QED) is 0.887. The van der Waals surface area contributed by atoms with E-state index in [1.54, 1.807) is 29.3 Å². The second kappa shape index (κ2) is 7.70. The SMILES string of the molecule is CCCNC(=O)c1ccc2c(c1)Sc1ncccc1C(=O)N2CCC. The number of hydrogen-bond acceptors (Lipinski definition) is 4. The molecule has 0 fully saturated rings. The summed E-state index contributed by atoms with van der Waals surface area (Å²) in [5, 5.41) is 3.57. The van der Waals surface area contributed by atoms with Crippen molar-refractivity contribution in [3.63, 3.8) is 0 Å². The summed E-state index contributed by atoms with van der Waals surface area (Å²) in [6.45, 7) is 5.34. The first-order valence-electron chi connectivity index (χ1n) is 8.52. The third-order valence-electron chi connectivity index (χ3n) is 3.95. The van der Waals surface area contributed by atoms with Crippen LogP contribution in [0.5, 0.6) is 0 Å². The molecule has 0 atom stereocenters. The van der Waals surface area contributed by atoms with Gasteiger partial charge in [-0.15, -0.1) is 0 Å². The Morgan fingerprint density at radius 1 is 1.24 bits per heavy atom. The molecule has 1 aliphatic rings. The van der Waals surface area contributed by atoms with Gasteiger partial charge in [0.05, 0.1) is 11.3 Å². The first kappa shape index (κ1) is 17.5. The molecule has 2 heterocycles. The maximum Gasteiger partial charge on any atom is 0.261 e. The molecule has 1 N–H and O–H groups in total. The van der Waals surface area contributed by atoms with E-state index in [9.17, 15) is 9.59 Å². The average molecular weight is 355 g/mol. The van der Waals surface area contributed by atoms with Gasteiger partial charge in [-0.3, -0.25) is 9.59 Å². The lowest BCUT2D eigenvalue weighted by Crippen LogP contribution is -2.31. The van der Waals surface area contributed by atoms with Gasteiger partial charge in [0.25, 0.3) is 11.8 Å². The van der Waals surface area contributed by atoms with Crippen LogP contribution in [0.1, 0.15) is 47.4 Å². The summed E-state index contributed by atoms with van der Waals surface area (Å²) in [6, 6.07) is 9.08. The third kappa shape index (κ3) is 3.54. The van der Waals surface area contributed by atoms with Crippen LogP contribution >= 0.6 is 11.8 Å². The lowest BCUT2D eigenvalue weighted by molar-refractivity contribution is 0.0952. The van der Waals surface area contributed by atoms with Gasteiger partial charge in [0, 0.05) is 29.7 Å². The van der Waals surface area contributed by atoms with Crippen molar-refractivity contribution in [2.24, 2.45) is 0 Å². The smallest absolute Gasteiger partial charge is 0.261 e. The Labute approximate surface area is 151 Å². The van der Waals surface area contributed by atoms with Crippen molar-refractivity contribution in [3.8, 4) is 0 Å². The number of fused-ring (bicyclic) bond motifs is 2. The highest BCUT2D eigenvalue weighted by atomic mass is 32.2. The Bertz CT molecular complexity index is 807. The van der Waals surface area contributed by atoms with Crippen LogP contribution in [0, 0.1) is 0 Å². The van der Waals surface area contributed by atoms with Crippen molar-refractivity contribution >= 4 is 29.3 Å². The molecule has 3 rings (SSSR count). The first-order chi connectivity index (χ1) is 12.2. The summed E-state index contributed by atoms with van der Waals surface area (Å²) in [6.07, 6.45) is 3.43. The van der Waals surface area contributed by atoms with Gasteiger partial charge in [-0.1, -0.05) is 25.6 Å². The van der Waals surface area contributed by atoms with E-state index >= 15 is 0 Å². The first-order valence-corrected chi connectivity index (χ1v) is 9.34. The van der Waals surface area contributed by atoms with Crippen LogP contribution in [-0.2, 0) is 0 Å². The maximum atomic E-state index is 12.9. The minimum atomic E-state index is -0.0934. The second-order valence-corrected chi connectivity index (χ2v) is 6.88.